The zero-order valence-corrected chi connectivity index (χ0v) is 13.6. The van der Waals surface area contributed by atoms with Crippen molar-refractivity contribution in [3.05, 3.63) is 17.3 Å². The van der Waals surface area contributed by atoms with Crippen LogP contribution in [0, 0.1) is 0 Å². The van der Waals surface area contributed by atoms with Gasteiger partial charge in [0.05, 0.1) is 30.0 Å². The summed E-state index contributed by atoms with van der Waals surface area (Å²) < 4.78 is 5.77. The van der Waals surface area contributed by atoms with Gasteiger partial charge in [-0.3, -0.25) is 4.98 Å². The van der Waals surface area contributed by atoms with Gasteiger partial charge in [-0.05, 0) is 0 Å². The predicted octanol–water partition coefficient (Wildman–Crippen LogP) is 2.37. The van der Waals surface area contributed by atoms with E-state index >= 15 is 0 Å². The van der Waals surface area contributed by atoms with E-state index in [1.807, 2.05) is 38.0 Å². The molecule has 21 heavy (non-hydrogen) atoms. The Morgan fingerprint density at radius 1 is 1.33 bits per heavy atom. The number of anilines is 1. The lowest BCUT2D eigenvalue weighted by molar-refractivity contribution is 0.0607. The number of methoxy groups -OCH3 is 1. The van der Waals surface area contributed by atoms with Gasteiger partial charge in [-0.1, -0.05) is 0 Å². The average Bonchev–Trinajstić information content (AvgIpc) is 2.82. The molecule has 112 valence electrons. The van der Waals surface area contributed by atoms with Crippen LogP contribution in [0.2, 0.25) is 0 Å². The molecular formula is C14H18N4O2S. The molecule has 6 nitrogen and oxygen atoms in total. The lowest BCUT2D eigenvalue weighted by Crippen LogP contribution is -2.09. The zero-order chi connectivity index (χ0) is 15.6. The molecule has 0 saturated heterocycles. The molecule has 0 bridgehead atoms. The van der Waals surface area contributed by atoms with Crippen molar-refractivity contribution in [2.24, 2.45) is 4.99 Å². The van der Waals surface area contributed by atoms with Gasteiger partial charge in [0.15, 0.2) is 0 Å². The quantitative estimate of drug-likeness (QED) is 0.493. The number of esters is 1. The summed E-state index contributed by atoms with van der Waals surface area (Å²) in [5.41, 5.74) is 1.55. The molecule has 0 fully saturated rings. The number of carbonyl (C=O) groups is 1. The molecule has 2 aromatic rings. The summed E-state index contributed by atoms with van der Waals surface area (Å²) in [6, 6.07) is 0. The van der Waals surface area contributed by atoms with Crippen molar-refractivity contribution in [1.29, 1.82) is 0 Å². The van der Waals surface area contributed by atoms with Gasteiger partial charge in [0.25, 0.3) is 0 Å². The maximum absolute atomic E-state index is 12.0. The van der Waals surface area contributed by atoms with Crippen molar-refractivity contribution < 1.29 is 9.53 Å². The van der Waals surface area contributed by atoms with Crippen molar-refractivity contribution in [2.45, 2.75) is 0 Å². The number of hydrogen-bond donors (Lipinski definition) is 0. The number of pyridine rings is 1. The van der Waals surface area contributed by atoms with Crippen LogP contribution in [0.3, 0.4) is 0 Å². The molecule has 0 unspecified atom stereocenters. The first-order chi connectivity index (χ1) is 9.95. The standard InChI is InChI=1S/C14H18N4O2S/c1-17(2)8-16-12-11-9(18(3)4)6-15-7-10(11)21-13(12)14(19)20-5/h6-8H,1-5H3. The molecule has 7 heteroatoms. The summed E-state index contributed by atoms with van der Waals surface area (Å²) in [6.07, 6.45) is 5.19. The summed E-state index contributed by atoms with van der Waals surface area (Å²) in [5.74, 6) is -0.383. The summed E-state index contributed by atoms with van der Waals surface area (Å²) in [6.45, 7) is 0. The molecule has 2 rings (SSSR count). The lowest BCUT2D eigenvalue weighted by atomic mass is 10.2. The van der Waals surface area contributed by atoms with Gasteiger partial charge in [0, 0.05) is 39.8 Å². The van der Waals surface area contributed by atoms with Crippen LogP contribution >= 0.6 is 11.3 Å². The Kier molecular flexibility index (Phi) is 4.42. The monoisotopic (exact) mass is 306 g/mol. The minimum absolute atomic E-state index is 0.383. The molecule has 0 radical (unpaired) electrons. The summed E-state index contributed by atoms with van der Waals surface area (Å²) in [7, 11) is 9.00. The molecule has 0 spiro atoms. The van der Waals surface area contributed by atoms with E-state index in [1.54, 1.807) is 18.7 Å². The highest BCUT2D eigenvalue weighted by Gasteiger charge is 2.21. The highest BCUT2D eigenvalue weighted by atomic mass is 32.1. The van der Waals surface area contributed by atoms with Gasteiger partial charge < -0.3 is 14.5 Å². The molecule has 0 saturated carbocycles. The van der Waals surface area contributed by atoms with E-state index in [1.165, 1.54) is 18.4 Å². The average molecular weight is 306 g/mol. The smallest absolute Gasteiger partial charge is 0.350 e. The van der Waals surface area contributed by atoms with Crippen LogP contribution in [0.4, 0.5) is 11.4 Å². The van der Waals surface area contributed by atoms with Crippen LogP contribution in [0.15, 0.2) is 17.4 Å². The number of nitrogens with zero attached hydrogens (tertiary/aromatic N) is 4. The van der Waals surface area contributed by atoms with Crippen LogP contribution in [-0.4, -0.2) is 57.5 Å². The summed E-state index contributed by atoms with van der Waals surface area (Å²) in [5, 5.41) is 0.915. The number of ether oxygens (including phenoxy) is 1. The van der Waals surface area contributed by atoms with E-state index in [2.05, 4.69) is 9.98 Å². The second-order valence-corrected chi connectivity index (χ2v) is 5.96. The fourth-order valence-corrected chi connectivity index (χ4v) is 2.94. The van der Waals surface area contributed by atoms with Gasteiger partial charge in [0.2, 0.25) is 0 Å². The third kappa shape index (κ3) is 2.97. The van der Waals surface area contributed by atoms with Crippen LogP contribution < -0.4 is 4.90 Å². The number of fused-ring (bicyclic) bond motifs is 1. The Morgan fingerprint density at radius 2 is 2.05 bits per heavy atom. The van der Waals surface area contributed by atoms with Crippen LogP contribution in [0.1, 0.15) is 9.67 Å². The van der Waals surface area contributed by atoms with E-state index in [0.717, 1.165) is 15.8 Å². The Hall–Kier alpha value is -2.15. The Labute approximate surface area is 127 Å². The van der Waals surface area contributed by atoms with Crippen molar-refractivity contribution in [2.75, 3.05) is 40.2 Å². The van der Waals surface area contributed by atoms with Crippen molar-refractivity contribution in [1.82, 2.24) is 9.88 Å². The molecule has 0 amide bonds. The molecule has 0 atom stereocenters. The van der Waals surface area contributed by atoms with Crippen molar-refractivity contribution in [3.63, 3.8) is 0 Å². The molecule has 2 heterocycles. The van der Waals surface area contributed by atoms with Crippen molar-refractivity contribution in [3.8, 4) is 0 Å². The van der Waals surface area contributed by atoms with Gasteiger partial charge >= 0.3 is 5.97 Å². The largest absolute Gasteiger partial charge is 0.465 e. The second kappa shape index (κ2) is 6.09. The number of hydrogen-bond acceptors (Lipinski definition) is 6. The van der Waals surface area contributed by atoms with E-state index in [-0.39, 0.29) is 5.97 Å². The maximum atomic E-state index is 12.0. The molecule has 0 aliphatic carbocycles. The first-order valence-corrected chi connectivity index (χ1v) is 7.14. The Bertz CT molecular complexity index is 692. The fraction of sp³-hybridized carbons (Fsp3) is 0.357. The zero-order valence-electron chi connectivity index (χ0n) is 12.7. The summed E-state index contributed by atoms with van der Waals surface area (Å²) in [4.78, 5) is 24.9. The van der Waals surface area contributed by atoms with Crippen LogP contribution in [0.25, 0.3) is 10.1 Å². The minimum Gasteiger partial charge on any atom is -0.465 e. The molecule has 0 aliphatic rings. The fourth-order valence-electron chi connectivity index (χ4n) is 1.88. The maximum Gasteiger partial charge on any atom is 0.350 e. The summed E-state index contributed by atoms with van der Waals surface area (Å²) >= 11 is 1.34. The first-order valence-electron chi connectivity index (χ1n) is 6.32. The Morgan fingerprint density at radius 3 is 2.62 bits per heavy atom. The molecular weight excluding hydrogens is 288 g/mol. The van der Waals surface area contributed by atoms with E-state index < -0.39 is 0 Å². The van der Waals surface area contributed by atoms with Crippen molar-refractivity contribution >= 4 is 45.1 Å². The number of rotatable bonds is 4. The lowest BCUT2D eigenvalue weighted by Gasteiger charge is -2.13. The normalized spacial score (nSPS) is 11.1. The van der Waals surface area contributed by atoms with Gasteiger partial charge in [-0.2, -0.15) is 0 Å². The second-order valence-electron chi connectivity index (χ2n) is 4.91. The molecule has 0 aromatic carbocycles. The number of aromatic nitrogens is 1. The SMILES string of the molecule is COC(=O)c1sc2cncc(N(C)C)c2c1N=CN(C)C. The highest BCUT2D eigenvalue weighted by Crippen LogP contribution is 2.42. The van der Waals surface area contributed by atoms with E-state index in [0.29, 0.717) is 10.6 Å². The topological polar surface area (TPSA) is 58.0 Å². The van der Waals surface area contributed by atoms with Gasteiger partial charge in [-0.15, -0.1) is 11.3 Å². The molecule has 0 aliphatic heterocycles. The van der Waals surface area contributed by atoms with Gasteiger partial charge in [0.1, 0.15) is 10.6 Å². The first kappa shape index (κ1) is 15.2. The Balaban J connectivity index is 2.76. The van der Waals surface area contributed by atoms with Crippen LogP contribution in [-0.2, 0) is 4.74 Å². The number of thiophene rings is 1. The van der Waals surface area contributed by atoms with Crippen LogP contribution in [0.5, 0.6) is 0 Å². The molecule has 0 N–H and O–H groups in total. The third-order valence-corrected chi connectivity index (χ3v) is 3.92. The highest BCUT2D eigenvalue weighted by molar-refractivity contribution is 7.21. The number of carbonyl (C=O) groups excluding carboxylic acids is 1. The molecule has 2 aromatic heterocycles. The predicted molar refractivity (Wildman–Crippen MR) is 87.1 cm³/mol. The van der Waals surface area contributed by atoms with E-state index in [9.17, 15) is 4.79 Å². The van der Waals surface area contributed by atoms with E-state index in [4.69, 9.17) is 4.74 Å². The minimum atomic E-state index is -0.383. The van der Waals surface area contributed by atoms with Gasteiger partial charge in [-0.25, -0.2) is 9.79 Å². The third-order valence-electron chi connectivity index (χ3n) is 2.83. The number of aliphatic imine (C=N–C) groups is 1.